The van der Waals surface area contributed by atoms with E-state index in [2.05, 4.69) is 9.97 Å². The Kier molecular flexibility index (Phi) is 5.24. The molecule has 0 radical (unpaired) electrons. The van der Waals surface area contributed by atoms with Gasteiger partial charge in [0.15, 0.2) is 11.5 Å². The van der Waals surface area contributed by atoms with Crippen molar-refractivity contribution in [3.8, 4) is 5.95 Å². The molecule has 0 atom stereocenters. The number of fused-ring (bicyclic) bond motifs is 2. The molecule has 1 aromatic carbocycles. The Morgan fingerprint density at radius 1 is 1.14 bits per heavy atom. The molecule has 0 bridgehead atoms. The zero-order valence-corrected chi connectivity index (χ0v) is 19.0. The highest BCUT2D eigenvalue weighted by Gasteiger charge is 2.29. The lowest BCUT2D eigenvalue weighted by Crippen LogP contribution is -2.39. The number of halogens is 1. The van der Waals surface area contributed by atoms with Crippen LogP contribution in [0.25, 0.3) is 28.1 Å². The first-order valence-corrected chi connectivity index (χ1v) is 11.8. The van der Waals surface area contributed by atoms with E-state index in [9.17, 15) is 14.0 Å². The number of rotatable bonds is 4. The molecule has 0 unspecified atom stereocenters. The lowest BCUT2D eigenvalue weighted by Gasteiger charge is -2.31. The standard InChI is InChI=1S/C23H25FN8O3/c24-14-1-2-16-17(11-14)31(12-26-16)22-28-20(30-7-3-13(4-8-30)19(25)33)18-21(29-22)32(23(34)27-18)15-5-9-35-10-6-15/h1-2,11-13,15H,3-10H2,(H2,25,33)(H,27,34). The number of hydrogen-bond acceptors (Lipinski definition) is 7. The molecule has 11 nitrogen and oxygen atoms in total. The zero-order chi connectivity index (χ0) is 24.1. The number of nitrogens with two attached hydrogens (primary N) is 1. The van der Waals surface area contributed by atoms with Gasteiger partial charge in [0.05, 0.1) is 11.0 Å². The number of aromatic amines is 1. The number of primary amides is 1. The highest BCUT2D eigenvalue weighted by atomic mass is 19.1. The van der Waals surface area contributed by atoms with Gasteiger partial charge in [-0.2, -0.15) is 9.97 Å². The summed E-state index contributed by atoms with van der Waals surface area (Å²) in [5.74, 6) is -0.0278. The Morgan fingerprint density at radius 2 is 1.91 bits per heavy atom. The number of nitrogens with one attached hydrogen (secondary N) is 1. The SMILES string of the molecule is NC(=O)C1CCN(c2nc(-n3cnc4ccc(F)cc43)nc3c2[nH]c(=O)n3C2CCOCC2)CC1. The van der Waals surface area contributed by atoms with Crippen molar-refractivity contribution < 1.29 is 13.9 Å². The Hall–Kier alpha value is -3.80. The number of hydrogen-bond donors (Lipinski definition) is 2. The Bertz CT molecular complexity index is 1480. The number of amides is 1. The van der Waals surface area contributed by atoms with Gasteiger partial charge in [0.1, 0.15) is 17.7 Å². The summed E-state index contributed by atoms with van der Waals surface area (Å²) in [6, 6.07) is 4.28. The van der Waals surface area contributed by atoms with Gasteiger partial charge < -0.3 is 20.4 Å². The van der Waals surface area contributed by atoms with Crippen LogP contribution >= 0.6 is 0 Å². The average Bonchev–Trinajstić information content (AvgIpc) is 3.43. The zero-order valence-electron chi connectivity index (χ0n) is 19.0. The number of anilines is 1. The van der Waals surface area contributed by atoms with Crippen molar-refractivity contribution in [1.29, 1.82) is 0 Å². The first-order chi connectivity index (χ1) is 17.0. The van der Waals surface area contributed by atoms with E-state index in [4.69, 9.17) is 20.4 Å². The van der Waals surface area contributed by atoms with Gasteiger partial charge in [0, 0.05) is 44.3 Å². The molecule has 3 aromatic heterocycles. The molecule has 5 heterocycles. The fourth-order valence-corrected chi connectivity index (χ4v) is 5.11. The third kappa shape index (κ3) is 3.73. The summed E-state index contributed by atoms with van der Waals surface area (Å²) in [7, 11) is 0. The minimum atomic E-state index is -0.394. The normalized spacial score (nSPS) is 18.0. The second kappa shape index (κ2) is 8.45. The number of carbonyl (C=O) groups is 1. The van der Waals surface area contributed by atoms with Crippen molar-refractivity contribution in [3.63, 3.8) is 0 Å². The van der Waals surface area contributed by atoms with E-state index >= 15 is 0 Å². The van der Waals surface area contributed by atoms with E-state index in [1.165, 1.54) is 12.1 Å². The van der Waals surface area contributed by atoms with Crippen molar-refractivity contribution in [3.05, 3.63) is 40.8 Å². The van der Waals surface area contributed by atoms with Crippen LogP contribution in [0.4, 0.5) is 10.2 Å². The Balaban J connectivity index is 1.53. The van der Waals surface area contributed by atoms with Crippen LogP contribution in [0.3, 0.4) is 0 Å². The molecule has 1 amide bonds. The topological polar surface area (TPSA) is 137 Å². The Labute approximate surface area is 198 Å². The van der Waals surface area contributed by atoms with Gasteiger partial charge >= 0.3 is 5.69 Å². The number of H-pyrrole nitrogens is 1. The van der Waals surface area contributed by atoms with Gasteiger partial charge in [-0.3, -0.25) is 13.9 Å². The predicted molar refractivity (Wildman–Crippen MR) is 126 cm³/mol. The average molecular weight is 481 g/mol. The molecule has 6 rings (SSSR count). The third-order valence-corrected chi connectivity index (χ3v) is 7.02. The quantitative estimate of drug-likeness (QED) is 0.453. The van der Waals surface area contributed by atoms with Crippen molar-refractivity contribution in [2.24, 2.45) is 11.7 Å². The number of imidazole rings is 2. The van der Waals surface area contributed by atoms with Crippen LogP contribution in [-0.4, -0.2) is 61.3 Å². The minimum absolute atomic E-state index is 0.0572. The van der Waals surface area contributed by atoms with Crippen LogP contribution < -0.4 is 16.3 Å². The molecule has 2 aliphatic rings. The number of ether oxygens (including phenoxy) is 1. The molecule has 4 aromatic rings. The number of nitrogens with zero attached hydrogens (tertiary/aromatic N) is 6. The van der Waals surface area contributed by atoms with E-state index in [-0.39, 0.29) is 29.5 Å². The smallest absolute Gasteiger partial charge is 0.328 e. The number of aromatic nitrogens is 6. The fraction of sp³-hybridized carbons (Fsp3) is 0.435. The second-order valence-corrected chi connectivity index (χ2v) is 9.10. The summed E-state index contributed by atoms with van der Waals surface area (Å²) in [5, 5.41) is 0. The van der Waals surface area contributed by atoms with Gasteiger partial charge in [-0.25, -0.2) is 14.2 Å². The summed E-state index contributed by atoms with van der Waals surface area (Å²) in [6.07, 6.45) is 4.15. The van der Waals surface area contributed by atoms with E-state index in [1.807, 2.05) is 4.90 Å². The highest BCUT2D eigenvalue weighted by Crippen LogP contribution is 2.31. The molecule has 35 heavy (non-hydrogen) atoms. The maximum atomic E-state index is 14.1. The molecule has 2 saturated heterocycles. The third-order valence-electron chi connectivity index (χ3n) is 7.02. The molecule has 2 fully saturated rings. The largest absolute Gasteiger partial charge is 0.381 e. The molecule has 2 aliphatic heterocycles. The summed E-state index contributed by atoms with van der Waals surface area (Å²) in [6.45, 7) is 2.26. The molecular formula is C23H25FN8O3. The lowest BCUT2D eigenvalue weighted by molar-refractivity contribution is -0.122. The van der Waals surface area contributed by atoms with Crippen molar-refractivity contribution in [2.45, 2.75) is 31.7 Å². The van der Waals surface area contributed by atoms with Crippen LogP contribution in [0, 0.1) is 11.7 Å². The molecular weight excluding hydrogens is 455 g/mol. The van der Waals surface area contributed by atoms with E-state index < -0.39 is 5.82 Å². The van der Waals surface area contributed by atoms with E-state index in [1.54, 1.807) is 21.5 Å². The van der Waals surface area contributed by atoms with E-state index in [0.717, 1.165) is 0 Å². The molecule has 12 heteroatoms. The summed E-state index contributed by atoms with van der Waals surface area (Å²) >= 11 is 0. The van der Waals surface area contributed by atoms with Crippen LogP contribution in [0.5, 0.6) is 0 Å². The minimum Gasteiger partial charge on any atom is -0.381 e. The summed E-state index contributed by atoms with van der Waals surface area (Å²) in [4.78, 5) is 43.7. The van der Waals surface area contributed by atoms with Gasteiger partial charge in [-0.15, -0.1) is 0 Å². The number of piperidine rings is 1. The number of carbonyl (C=O) groups excluding carboxylic acids is 1. The van der Waals surface area contributed by atoms with Crippen LogP contribution in [0.2, 0.25) is 0 Å². The summed E-state index contributed by atoms with van der Waals surface area (Å²) < 4.78 is 22.9. The molecule has 0 spiro atoms. The van der Waals surface area contributed by atoms with Crippen LogP contribution in [-0.2, 0) is 9.53 Å². The van der Waals surface area contributed by atoms with Crippen molar-refractivity contribution in [1.82, 2.24) is 29.1 Å². The first-order valence-electron chi connectivity index (χ1n) is 11.8. The van der Waals surface area contributed by atoms with Gasteiger partial charge in [-0.1, -0.05) is 0 Å². The maximum absolute atomic E-state index is 14.1. The second-order valence-electron chi connectivity index (χ2n) is 9.10. The first kappa shape index (κ1) is 21.7. The van der Waals surface area contributed by atoms with E-state index in [0.29, 0.717) is 80.0 Å². The monoisotopic (exact) mass is 480 g/mol. The molecule has 182 valence electrons. The predicted octanol–water partition coefficient (Wildman–Crippen LogP) is 1.65. The lowest BCUT2D eigenvalue weighted by atomic mass is 9.96. The van der Waals surface area contributed by atoms with Crippen LogP contribution in [0.15, 0.2) is 29.3 Å². The van der Waals surface area contributed by atoms with Gasteiger partial charge in [0.2, 0.25) is 11.9 Å². The van der Waals surface area contributed by atoms with Gasteiger partial charge in [-0.05, 0) is 37.8 Å². The molecule has 0 saturated carbocycles. The van der Waals surface area contributed by atoms with Crippen molar-refractivity contribution >= 4 is 33.9 Å². The summed E-state index contributed by atoms with van der Waals surface area (Å²) in [5.41, 5.74) is 7.42. The molecule has 3 N–H and O–H groups in total. The van der Waals surface area contributed by atoms with Crippen LogP contribution in [0.1, 0.15) is 31.7 Å². The van der Waals surface area contributed by atoms with Crippen molar-refractivity contribution in [2.75, 3.05) is 31.2 Å². The highest BCUT2D eigenvalue weighted by molar-refractivity contribution is 5.85. The molecule has 0 aliphatic carbocycles. The number of benzene rings is 1. The fourth-order valence-electron chi connectivity index (χ4n) is 5.11. The maximum Gasteiger partial charge on any atom is 0.328 e. The van der Waals surface area contributed by atoms with Gasteiger partial charge in [0.25, 0.3) is 0 Å². The Morgan fingerprint density at radius 3 is 2.66 bits per heavy atom.